The minimum absolute atomic E-state index is 0.0371. The minimum atomic E-state index is -0.565. The third-order valence-corrected chi connectivity index (χ3v) is 6.05. The maximum Gasteiger partial charge on any atom is 0.247 e. The highest BCUT2D eigenvalue weighted by Crippen LogP contribution is 2.32. The maximum absolute atomic E-state index is 13.8. The van der Waals surface area contributed by atoms with Gasteiger partial charge in [-0.25, -0.2) is 0 Å². The van der Waals surface area contributed by atoms with Crippen molar-refractivity contribution in [3.05, 3.63) is 54.4 Å². The van der Waals surface area contributed by atoms with Gasteiger partial charge in [0.15, 0.2) is 0 Å². The van der Waals surface area contributed by atoms with Gasteiger partial charge in [0.05, 0.1) is 25.9 Å². The average molecular weight is 439 g/mol. The second kappa shape index (κ2) is 9.26. The van der Waals surface area contributed by atoms with E-state index in [0.717, 1.165) is 17.0 Å². The smallest absolute Gasteiger partial charge is 0.247 e. The van der Waals surface area contributed by atoms with Crippen molar-refractivity contribution in [1.82, 2.24) is 14.8 Å². The van der Waals surface area contributed by atoms with Crippen LogP contribution < -0.4 is 9.64 Å². The molecule has 0 N–H and O–H groups in total. The lowest BCUT2D eigenvalue weighted by Gasteiger charge is -2.48. The van der Waals surface area contributed by atoms with E-state index >= 15 is 0 Å². The molecule has 1 atom stereocenters. The normalized spacial score (nSPS) is 20.2. The van der Waals surface area contributed by atoms with Gasteiger partial charge in [-0.1, -0.05) is 6.07 Å². The van der Waals surface area contributed by atoms with Crippen molar-refractivity contribution < 1.29 is 19.1 Å². The molecule has 0 saturated carbocycles. The van der Waals surface area contributed by atoms with Crippen LogP contribution in [0.3, 0.4) is 0 Å². The Balaban J connectivity index is 1.59. The van der Waals surface area contributed by atoms with Crippen LogP contribution in [0.4, 0.5) is 5.69 Å². The van der Waals surface area contributed by atoms with E-state index in [9.17, 15) is 9.59 Å². The predicted octanol–water partition coefficient (Wildman–Crippen LogP) is 2.12. The van der Waals surface area contributed by atoms with Crippen molar-refractivity contribution in [1.29, 1.82) is 0 Å². The number of piperazine rings is 1. The molecule has 1 aromatic carbocycles. The first-order valence-electron chi connectivity index (χ1n) is 10.9. The molecule has 2 fully saturated rings. The van der Waals surface area contributed by atoms with E-state index < -0.39 is 11.6 Å². The largest absolute Gasteiger partial charge is 0.497 e. The fourth-order valence-corrected chi connectivity index (χ4v) is 4.60. The van der Waals surface area contributed by atoms with Crippen LogP contribution in [0.2, 0.25) is 0 Å². The third kappa shape index (κ3) is 4.47. The number of methoxy groups -OCH3 is 1. The molecule has 0 bridgehead atoms. The highest BCUT2D eigenvalue weighted by atomic mass is 16.5. The zero-order valence-electron chi connectivity index (χ0n) is 18.9. The Kier molecular flexibility index (Phi) is 6.43. The van der Waals surface area contributed by atoms with Crippen LogP contribution >= 0.6 is 0 Å². The van der Waals surface area contributed by atoms with Gasteiger partial charge < -0.3 is 19.3 Å². The Hall–Kier alpha value is -2.97. The van der Waals surface area contributed by atoms with Crippen molar-refractivity contribution in [3.8, 4) is 5.75 Å². The van der Waals surface area contributed by atoms with Gasteiger partial charge in [-0.2, -0.15) is 0 Å². The van der Waals surface area contributed by atoms with Gasteiger partial charge in [-0.3, -0.25) is 19.5 Å². The summed E-state index contributed by atoms with van der Waals surface area (Å²) in [5.74, 6) is 0.556. The topological polar surface area (TPSA) is 75.2 Å². The second-order valence-electron chi connectivity index (χ2n) is 8.77. The fourth-order valence-electron chi connectivity index (χ4n) is 4.60. The molecule has 0 unspecified atom stereocenters. The molecule has 0 spiro atoms. The van der Waals surface area contributed by atoms with Crippen molar-refractivity contribution >= 4 is 17.5 Å². The molecule has 8 heteroatoms. The quantitative estimate of drug-likeness (QED) is 0.712. The van der Waals surface area contributed by atoms with Gasteiger partial charge in [-0.05, 0) is 49.7 Å². The van der Waals surface area contributed by atoms with E-state index in [0.29, 0.717) is 32.8 Å². The number of amides is 2. The van der Waals surface area contributed by atoms with Crippen molar-refractivity contribution in [3.63, 3.8) is 0 Å². The summed E-state index contributed by atoms with van der Waals surface area (Å²) in [6.07, 6.45) is 3.43. The molecule has 2 amide bonds. The zero-order valence-corrected chi connectivity index (χ0v) is 18.9. The van der Waals surface area contributed by atoms with E-state index in [1.807, 2.05) is 50.2 Å². The molecule has 4 rings (SSSR count). The van der Waals surface area contributed by atoms with Gasteiger partial charge >= 0.3 is 0 Å². The number of rotatable bonds is 5. The Morgan fingerprint density at radius 2 is 1.88 bits per heavy atom. The summed E-state index contributed by atoms with van der Waals surface area (Å²) >= 11 is 0. The number of hydrogen-bond acceptors (Lipinski definition) is 6. The first-order chi connectivity index (χ1) is 15.4. The van der Waals surface area contributed by atoms with Crippen molar-refractivity contribution in [2.75, 3.05) is 51.4 Å². The van der Waals surface area contributed by atoms with Crippen LogP contribution in [0.15, 0.2) is 48.8 Å². The lowest BCUT2D eigenvalue weighted by Crippen LogP contribution is -2.64. The van der Waals surface area contributed by atoms with E-state index in [1.54, 1.807) is 29.3 Å². The molecule has 8 nitrogen and oxygen atoms in total. The summed E-state index contributed by atoms with van der Waals surface area (Å²) in [5.41, 5.74) is 1.07. The van der Waals surface area contributed by atoms with Gasteiger partial charge in [-0.15, -0.1) is 0 Å². The molecule has 170 valence electrons. The molecule has 2 aromatic rings. The molecule has 0 aliphatic carbocycles. The average Bonchev–Trinajstić information content (AvgIpc) is 2.80. The van der Waals surface area contributed by atoms with Crippen LogP contribution in [-0.2, 0) is 14.3 Å². The first kappa shape index (κ1) is 22.2. The lowest BCUT2D eigenvalue weighted by atomic mass is 9.95. The Bertz CT molecular complexity index is 942. The Labute approximate surface area is 188 Å². The van der Waals surface area contributed by atoms with Crippen LogP contribution in [-0.4, -0.2) is 78.6 Å². The highest BCUT2D eigenvalue weighted by Gasteiger charge is 2.43. The summed E-state index contributed by atoms with van der Waals surface area (Å²) in [6.45, 7) is 6.94. The van der Waals surface area contributed by atoms with Crippen LogP contribution in [0.1, 0.15) is 25.5 Å². The monoisotopic (exact) mass is 438 g/mol. The molecule has 0 radical (unpaired) electrons. The van der Waals surface area contributed by atoms with Gasteiger partial charge in [0, 0.05) is 37.7 Å². The number of nitrogens with zero attached hydrogens (tertiary/aromatic N) is 4. The van der Waals surface area contributed by atoms with E-state index in [4.69, 9.17) is 9.47 Å². The molecule has 1 aromatic heterocycles. The zero-order chi connectivity index (χ0) is 22.7. The van der Waals surface area contributed by atoms with Crippen LogP contribution in [0.25, 0.3) is 0 Å². The lowest BCUT2D eigenvalue weighted by molar-refractivity contribution is -0.145. The molecule has 3 heterocycles. The predicted molar refractivity (Wildman–Crippen MR) is 121 cm³/mol. The SMILES string of the molecule is COc1ccc(N2C(=O)CN(C(=O)[C@H](c3cccnc3)N3CCOCC3)CC2(C)C)cc1. The summed E-state index contributed by atoms with van der Waals surface area (Å²) in [4.78, 5) is 36.9. The van der Waals surface area contributed by atoms with Crippen molar-refractivity contribution in [2.45, 2.75) is 25.4 Å². The number of hydrogen-bond donors (Lipinski definition) is 0. The Morgan fingerprint density at radius 1 is 1.16 bits per heavy atom. The fraction of sp³-hybridized carbons (Fsp3) is 0.458. The number of aromatic nitrogens is 1. The second-order valence-corrected chi connectivity index (χ2v) is 8.77. The third-order valence-electron chi connectivity index (χ3n) is 6.05. The van der Waals surface area contributed by atoms with Crippen LogP contribution in [0, 0.1) is 0 Å². The molecule has 2 aliphatic rings. The van der Waals surface area contributed by atoms with Gasteiger partial charge in [0.2, 0.25) is 11.8 Å². The molecular weight excluding hydrogens is 408 g/mol. The van der Waals surface area contributed by atoms with Crippen LogP contribution in [0.5, 0.6) is 5.75 Å². The van der Waals surface area contributed by atoms with E-state index in [1.165, 1.54) is 0 Å². The standard InChI is InChI=1S/C24H30N4O4/c1-24(2)17-27(16-21(29)28(24)19-6-8-20(31-3)9-7-19)23(30)22(18-5-4-10-25-15-18)26-11-13-32-14-12-26/h4-10,15,22H,11-14,16-17H2,1-3H3/t22-/m0/s1. The minimum Gasteiger partial charge on any atom is -0.497 e. The number of anilines is 1. The number of ether oxygens (including phenoxy) is 2. The summed E-state index contributed by atoms with van der Waals surface area (Å²) in [7, 11) is 1.61. The Morgan fingerprint density at radius 3 is 2.47 bits per heavy atom. The summed E-state index contributed by atoms with van der Waals surface area (Å²) < 4.78 is 10.7. The maximum atomic E-state index is 13.8. The molecule has 32 heavy (non-hydrogen) atoms. The van der Waals surface area contributed by atoms with Gasteiger partial charge in [0.25, 0.3) is 0 Å². The van der Waals surface area contributed by atoms with E-state index in [-0.39, 0.29) is 18.4 Å². The number of benzene rings is 1. The number of carbonyl (C=O) groups excluding carboxylic acids is 2. The highest BCUT2D eigenvalue weighted by molar-refractivity contribution is 6.00. The molecule has 2 saturated heterocycles. The number of carbonyl (C=O) groups is 2. The number of pyridine rings is 1. The molecular formula is C24H30N4O4. The molecule has 2 aliphatic heterocycles. The van der Waals surface area contributed by atoms with Gasteiger partial charge in [0.1, 0.15) is 18.3 Å². The summed E-state index contributed by atoms with van der Waals surface area (Å²) in [5, 5.41) is 0. The van der Waals surface area contributed by atoms with Crippen molar-refractivity contribution in [2.24, 2.45) is 0 Å². The first-order valence-corrected chi connectivity index (χ1v) is 10.9. The van der Waals surface area contributed by atoms with E-state index in [2.05, 4.69) is 9.88 Å². The number of morpholine rings is 1. The summed E-state index contributed by atoms with van der Waals surface area (Å²) in [6, 6.07) is 10.7.